The molecular weight excluding hydrogens is 414 g/mol. The number of aliphatic hydroxyl groups is 1. The Hall–Kier alpha value is -3.68. The first-order valence-corrected chi connectivity index (χ1v) is 10.0. The van der Waals surface area contributed by atoms with Gasteiger partial charge in [-0.3, -0.25) is 4.79 Å². The fourth-order valence-electron chi connectivity index (χ4n) is 3.08. The molecule has 2 aromatic heterocycles. The number of nitrogens with zero attached hydrogens (tertiary/aromatic N) is 3. The lowest BCUT2D eigenvalue weighted by Crippen LogP contribution is -2.30. The third-order valence-electron chi connectivity index (χ3n) is 4.63. The Kier molecular flexibility index (Phi) is 6.26. The minimum Gasteiger partial charge on any atom is -0.394 e. The summed E-state index contributed by atoms with van der Waals surface area (Å²) in [7, 11) is 0. The van der Waals surface area contributed by atoms with Crippen LogP contribution in [0.2, 0.25) is 5.02 Å². The zero-order valence-electron chi connectivity index (χ0n) is 16.4. The number of hydrogen-bond acceptors (Lipinski definition) is 5. The Morgan fingerprint density at radius 3 is 2.71 bits per heavy atom. The summed E-state index contributed by atoms with van der Waals surface area (Å²) in [5, 5.41) is 16.2. The van der Waals surface area contributed by atoms with E-state index in [9.17, 15) is 9.90 Å². The van der Waals surface area contributed by atoms with E-state index in [0.717, 1.165) is 11.3 Å². The van der Waals surface area contributed by atoms with Gasteiger partial charge in [-0.15, -0.1) is 0 Å². The molecule has 0 bridgehead atoms. The van der Waals surface area contributed by atoms with Crippen molar-refractivity contribution in [2.75, 3.05) is 11.9 Å². The molecule has 7 nitrogen and oxygen atoms in total. The van der Waals surface area contributed by atoms with Crippen LogP contribution in [0.1, 0.15) is 22.0 Å². The van der Waals surface area contributed by atoms with Gasteiger partial charge in [0.1, 0.15) is 5.82 Å². The molecule has 4 aromatic rings. The average Bonchev–Trinajstić information content (AvgIpc) is 3.29. The lowest BCUT2D eigenvalue weighted by Gasteiger charge is -2.16. The summed E-state index contributed by atoms with van der Waals surface area (Å²) < 4.78 is 1.74. The highest BCUT2D eigenvalue weighted by Gasteiger charge is 2.16. The molecule has 4 rings (SSSR count). The number of amides is 1. The fourth-order valence-corrected chi connectivity index (χ4v) is 3.28. The number of rotatable bonds is 7. The number of halogens is 1. The van der Waals surface area contributed by atoms with Crippen LogP contribution in [0.3, 0.4) is 0 Å². The zero-order valence-corrected chi connectivity index (χ0v) is 17.2. The normalized spacial score (nSPS) is 11.7. The first-order chi connectivity index (χ1) is 15.1. The highest BCUT2D eigenvalue weighted by Crippen LogP contribution is 2.19. The van der Waals surface area contributed by atoms with Gasteiger partial charge >= 0.3 is 0 Å². The molecule has 1 unspecified atom stereocenters. The monoisotopic (exact) mass is 433 g/mol. The number of carbonyl (C=O) groups is 1. The van der Waals surface area contributed by atoms with Crippen molar-refractivity contribution in [1.29, 1.82) is 0 Å². The first kappa shape index (κ1) is 20.6. The third-order valence-corrected chi connectivity index (χ3v) is 4.86. The second-order valence-electron chi connectivity index (χ2n) is 6.80. The molecule has 0 saturated heterocycles. The van der Waals surface area contributed by atoms with Crippen LogP contribution in [0.4, 0.5) is 11.6 Å². The number of benzene rings is 2. The van der Waals surface area contributed by atoms with E-state index in [0.29, 0.717) is 22.4 Å². The van der Waals surface area contributed by atoms with Gasteiger partial charge in [0.15, 0.2) is 0 Å². The third kappa shape index (κ3) is 5.09. The standard InChI is InChI=1S/C23H20ClN5O2/c24-18-6-4-5-16(13-18)20(15-30)27-22(31)17-10-12-29(14-17)21-9-11-25-23(28-21)26-19-7-2-1-3-8-19/h1-14,20,30H,15H2,(H,27,31)(H,25,26,28). The van der Waals surface area contributed by atoms with Gasteiger partial charge in [0.25, 0.3) is 5.91 Å². The van der Waals surface area contributed by atoms with E-state index in [1.165, 1.54) is 0 Å². The Bertz CT molecular complexity index is 1180. The average molecular weight is 434 g/mol. The van der Waals surface area contributed by atoms with Crippen molar-refractivity contribution in [2.24, 2.45) is 0 Å². The molecule has 0 saturated carbocycles. The number of para-hydroxylation sites is 1. The lowest BCUT2D eigenvalue weighted by atomic mass is 10.1. The van der Waals surface area contributed by atoms with Crippen molar-refractivity contribution in [2.45, 2.75) is 6.04 Å². The van der Waals surface area contributed by atoms with Crippen LogP contribution in [-0.4, -0.2) is 32.2 Å². The maximum atomic E-state index is 12.7. The molecule has 0 aliphatic heterocycles. The van der Waals surface area contributed by atoms with E-state index in [1.54, 1.807) is 59.6 Å². The maximum absolute atomic E-state index is 12.7. The molecule has 8 heteroatoms. The van der Waals surface area contributed by atoms with E-state index >= 15 is 0 Å². The van der Waals surface area contributed by atoms with Gasteiger partial charge in [0.05, 0.1) is 18.2 Å². The number of aromatic nitrogens is 3. The Labute approximate surface area is 184 Å². The molecular formula is C23H20ClN5O2. The van der Waals surface area contributed by atoms with Gasteiger partial charge in [-0.2, -0.15) is 4.98 Å². The lowest BCUT2D eigenvalue weighted by molar-refractivity contribution is 0.0916. The summed E-state index contributed by atoms with van der Waals surface area (Å²) in [5.41, 5.74) is 2.05. The van der Waals surface area contributed by atoms with Crippen molar-refractivity contribution < 1.29 is 9.90 Å². The topological polar surface area (TPSA) is 92.1 Å². The molecule has 0 aliphatic rings. The predicted octanol–water partition coefficient (Wildman–Crippen LogP) is 4.13. The molecule has 0 radical (unpaired) electrons. The summed E-state index contributed by atoms with van der Waals surface area (Å²) in [5.74, 6) is 0.750. The molecule has 0 fully saturated rings. The molecule has 2 heterocycles. The smallest absolute Gasteiger partial charge is 0.253 e. The number of nitrogens with one attached hydrogen (secondary N) is 2. The van der Waals surface area contributed by atoms with Crippen molar-refractivity contribution in [1.82, 2.24) is 19.9 Å². The number of anilines is 2. The van der Waals surface area contributed by atoms with Crippen molar-refractivity contribution in [3.63, 3.8) is 0 Å². The highest BCUT2D eigenvalue weighted by atomic mass is 35.5. The van der Waals surface area contributed by atoms with Crippen LogP contribution in [0.15, 0.2) is 85.3 Å². The van der Waals surface area contributed by atoms with Crippen LogP contribution >= 0.6 is 11.6 Å². The molecule has 1 amide bonds. The Morgan fingerprint density at radius 2 is 1.94 bits per heavy atom. The maximum Gasteiger partial charge on any atom is 0.253 e. The molecule has 0 aliphatic carbocycles. The van der Waals surface area contributed by atoms with E-state index in [1.807, 2.05) is 30.3 Å². The molecule has 31 heavy (non-hydrogen) atoms. The number of carbonyl (C=O) groups excluding carboxylic acids is 1. The molecule has 3 N–H and O–H groups in total. The highest BCUT2D eigenvalue weighted by molar-refractivity contribution is 6.30. The van der Waals surface area contributed by atoms with Crippen LogP contribution in [-0.2, 0) is 0 Å². The fraction of sp³-hybridized carbons (Fsp3) is 0.0870. The Morgan fingerprint density at radius 1 is 1.10 bits per heavy atom. The first-order valence-electron chi connectivity index (χ1n) is 9.63. The van der Waals surface area contributed by atoms with Crippen molar-refractivity contribution in [3.8, 4) is 5.82 Å². The second kappa shape index (κ2) is 9.42. The quantitative estimate of drug-likeness (QED) is 0.407. The summed E-state index contributed by atoms with van der Waals surface area (Å²) in [4.78, 5) is 21.5. The van der Waals surface area contributed by atoms with Crippen LogP contribution in [0.5, 0.6) is 0 Å². The van der Waals surface area contributed by atoms with Crippen LogP contribution < -0.4 is 10.6 Å². The van der Waals surface area contributed by atoms with Gasteiger partial charge in [0.2, 0.25) is 5.95 Å². The molecule has 1 atom stereocenters. The second-order valence-corrected chi connectivity index (χ2v) is 7.24. The Balaban J connectivity index is 1.49. The summed E-state index contributed by atoms with van der Waals surface area (Å²) in [6.45, 7) is -0.243. The molecule has 2 aromatic carbocycles. The molecule has 0 spiro atoms. The van der Waals surface area contributed by atoms with Crippen LogP contribution in [0.25, 0.3) is 5.82 Å². The zero-order chi connectivity index (χ0) is 21.6. The SMILES string of the molecule is O=C(NC(CO)c1cccc(Cl)c1)c1ccn(-c2ccnc(Nc3ccccc3)n2)c1. The van der Waals surface area contributed by atoms with E-state index in [2.05, 4.69) is 20.6 Å². The minimum atomic E-state index is -0.560. The van der Waals surface area contributed by atoms with Gasteiger partial charge < -0.3 is 20.3 Å². The van der Waals surface area contributed by atoms with Gasteiger partial charge in [-0.1, -0.05) is 41.9 Å². The van der Waals surface area contributed by atoms with E-state index in [4.69, 9.17) is 11.6 Å². The van der Waals surface area contributed by atoms with Crippen LogP contribution in [0, 0.1) is 0 Å². The summed E-state index contributed by atoms with van der Waals surface area (Å²) >= 11 is 6.02. The predicted molar refractivity (Wildman–Crippen MR) is 120 cm³/mol. The van der Waals surface area contributed by atoms with E-state index < -0.39 is 6.04 Å². The van der Waals surface area contributed by atoms with E-state index in [-0.39, 0.29) is 12.5 Å². The minimum absolute atomic E-state index is 0.243. The van der Waals surface area contributed by atoms with Gasteiger partial charge in [0, 0.05) is 29.3 Å². The van der Waals surface area contributed by atoms with Gasteiger partial charge in [-0.05, 0) is 42.0 Å². The molecule has 156 valence electrons. The van der Waals surface area contributed by atoms with Gasteiger partial charge in [-0.25, -0.2) is 4.98 Å². The largest absolute Gasteiger partial charge is 0.394 e. The van der Waals surface area contributed by atoms with Crippen molar-refractivity contribution >= 4 is 29.1 Å². The summed E-state index contributed by atoms with van der Waals surface area (Å²) in [6.07, 6.45) is 5.07. The van der Waals surface area contributed by atoms with Crippen molar-refractivity contribution in [3.05, 3.63) is 101 Å². The number of hydrogen-bond donors (Lipinski definition) is 3. The summed E-state index contributed by atoms with van der Waals surface area (Å²) in [6, 6.07) is 19.5. The number of aliphatic hydroxyl groups excluding tert-OH is 1.